The average molecular weight is 281 g/mol. The van der Waals surface area contributed by atoms with Crippen LogP contribution < -0.4 is 10.5 Å². The van der Waals surface area contributed by atoms with Crippen LogP contribution in [0, 0.1) is 0 Å². The van der Waals surface area contributed by atoms with Crippen molar-refractivity contribution in [2.45, 2.75) is 31.4 Å². The zero-order valence-electron chi connectivity index (χ0n) is 10.0. The Morgan fingerprint density at radius 1 is 1.32 bits per heavy atom. The van der Waals surface area contributed by atoms with Gasteiger partial charge in [0.15, 0.2) is 0 Å². The van der Waals surface area contributed by atoms with Crippen molar-refractivity contribution in [3.05, 3.63) is 29.8 Å². The van der Waals surface area contributed by atoms with Gasteiger partial charge in [-0.25, -0.2) is 0 Å². The highest BCUT2D eigenvalue weighted by molar-refractivity contribution is 5.30. The summed E-state index contributed by atoms with van der Waals surface area (Å²) >= 11 is 0. The first-order valence-electron chi connectivity index (χ1n) is 5.68. The fourth-order valence-corrected chi connectivity index (χ4v) is 1.49. The molecule has 1 aromatic carbocycles. The van der Waals surface area contributed by atoms with E-state index >= 15 is 0 Å². The van der Waals surface area contributed by atoms with Crippen LogP contribution in [-0.2, 0) is 0 Å². The number of aliphatic hydroxyl groups is 1. The van der Waals surface area contributed by atoms with E-state index in [1.165, 1.54) is 12.1 Å². The summed E-state index contributed by atoms with van der Waals surface area (Å²) in [7, 11) is 0. The molecule has 0 unspecified atom stereocenters. The van der Waals surface area contributed by atoms with Gasteiger partial charge < -0.3 is 15.6 Å². The lowest BCUT2D eigenvalue weighted by Gasteiger charge is -2.18. The van der Waals surface area contributed by atoms with Crippen LogP contribution in [0.1, 0.15) is 24.4 Å². The topological polar surface area (TPSA) is 55.5 Å². The Hall–Kier alpha value is -1.34. The molecule has 0 aliphatic carbocycles. The third-order valence-corrected chi connectivity index (χ3v) is 2.47. The number of alkyl halides is 4. The molecule has 108 valence electrons. The second-order valence-corrected chi connectivity index (χ2v) is 4.01. The van der Waals surface area contributed by atoms with Gasteiger partial charge >= 0.3 is 12.5 Å². The van der Waals surface area contributed by atoms with Gasteiger partial charge in [-0.2, -0.15) is 17.6 Å². The van der Waals surface area contributed by atoms with Crippen LogP contribution in [-0.4, -0.2) is 24.2 Å². The van der Waals surface area contributed by atoms with Gasteiger partial charge in [0, 0.05) is 12.6 Å². The van der Waals surface area contributed by atoms with Crippen LogP contribution in [0.5, 0.6) is 5.75 Å². The van der Waals surface area contributed by atoms with Gasteiger partial charge in [0.25, 0.3) is 0 Å². The van der Waals surface area contributed by atoms with Gasteiger partial charge in [0.05, 0.1) is 0 Å². The Bertz CT molecular complexity index is 401. The number of rotatable bonds is 7. The summed E-state index contributed by atoms with van der Waals surface area (Å²) < 4.78 is 53.4. The van der Waals surface area contributed by atoms with Crippen molar-refractivity contribution < 1.29 is 27.4 Å². The Morgan fingerprint density at radius 3 is 2.58 bits per heavy atom. The van der Waals surface area contributed by atoms with Crippen molar-refractivity contribution in [3.8, 4) is 5.75 Å². The molecule has 0 aliphatic heterocycles. The molecule has 7 heteroatoms. The summed E-state index contributed by atoms with van der Waals surface area (Å²) in [5.41, 5.74) is 6.25. The van der Waals surface area contributed by atoms with Gasteiger partial charge in [-0.3, -0.25) is 0 Å². The van der Waals surface area contributed by atoms with Gasteiger partial charge in [-0.05, 0) is 30.5 Å². The fraction of sp³-hybridized carbons (Fsp3) is 0.500. The molecule has 19 heavy (non-hydrogen) atoms. The number of aliphatic hydroxyl groups excluding tert-OH is 1. The van der Waals surface area contributed by atoms with E-state index in [1.54, 1.807) is 6.07 Å². The highest BCUT2D eigenvalue weighted by Gasteiger charge is 2.43. The van der Waals surface area contributed by atoms with E-state index in [0.717, 1.165) is 6.07 Å². The van der Waals surface area contributed by atoms with Gasteiger partial charge in [-0.1, -0.05) is 12.1 Å². The van der Waals surface area contributed by atoms with E-state index in [-0.39, 0.29) is 12.4 Å². The van der Waals surface area contributed by atoms with E-state index < -0.39 is 18.6 Å². The Labute approximate surface area is 108 Å². The van der Waals surface area contributed by atoms with Crippen molar-refractivity contribution in [1.29, 1.82) is 0 Å². The third-order valence-electron chi connectivity index (χ3n) is 2.47. The molecule has 0 heterocycles. The first-order valence-corrected chi connectivity index (χ1v) is 5.68. The molecule has 0 amide bonds. The van der Waals surface area contributed by atoms with Crippen LogP contribution in [0.25, 0.3) is 0 Å². The SMILES string of the molecule is N[C@H](CCCO)c1cccc(OC(F)(F)C(F)F)c1. The number of hydrogen-bond donors (Lipinski definition) is 2. The number of hydrogen-bond acceptors (Lipinski definition) is 3. The highest BCUT2D eigenvalue weighted by Crippen LogP contribution is 2.29. The summed E-state index contributed by atoms with van der Waals surface area (Å²) in [6, 6.07) is 4.84. The van der Waals surface area contributed by atoms with E-state index in [1.807, 2.05) is 0 Å². The minimum atomic E-state index is -4.53. The Morgan fingerprint density at radius 2 is 2.00 bits per heavy atom. The molecule has 0 bridgehead atoms. The molecule has 0 fully saturated rings. The van der Waals surface area contributed by atoms with Crippen LogP contribution in [0.15, 0.2) is 24.3 Å². The van der Waals surface area contributed by atoms with E-state index in [2.05, 4.69) is 4.74 Å². The molecular weight excluding hydrogens is 266 g/mol. The summed E-state index contributed by atoms with van der Waals surface area (Å²) in [6.07, 6.45) is -7.53. The predicted molar refractivity (Wildman–Crippen MR) is 61.3 cm³/mol. The third kappa shape index (κ3) is 4.68. The molecule has 0 aliphatic rings. The van der Waals surface area contributed by atoms with E-state index in [9.17, 15) is 17.6 Å². The summed E-state index contributed by atoms with van der Waals surface area (Å²) in [4.78, 5) is 0. The summed E-state index contributed by atoms with van der Waals surface area (Å²) in [5.74, 6) is -0.373. The normalized spacial score (nSPS) is 13.6. The largest absolute Gasteiger partial charge is 0.461 e. The minimum Gasteiger partial charge on any atom is -0.428 e. The van der Waals surface area contributed by atoms with E-state index in [4.69, 9.17) is 10.8 Å². The molecule has 1 atom stereocenters. The maximum absolute atomic E-state index is 12.7. The van der Waals surface area contributed by atoms with Crippen LogP contribution in [0.3, 0.4) is 0 Å². The molecular formula is C12H15F4NO2. The lowest BCUT2D eigenvalue weighted by Crippen LogP contribution is -2.33. The number of halogens is 4. The lowest BCUT2D eigenvalue weighted by molar-refractivity contribution is -0.253. The van der Waals surface area contributed by atoms with Crippen molar-refractivity contribution in [2.75, 3.05) is 6.61 Å². The molecule has 1 rings (SSSR count). The molecule has 0 saturated carbocycles. The molecule has 3 nitrogen and oxygen atoms in total. The molecule has 0 spiro atoms. The summed E-state index contributed by atoms with van der Waals surface area (Å²) in [5, 5.41) is 8.67. The number of nitrogens with two attached hydrogens (primary N) is 1. The molecule has 0 saturated heterocycles. The van der Waals surface area contributed by atoms with Crippen molar-refractivity contribution in [2.24, 2.45) is 5.73 Å². The second-order valence-electron chi connectivity index (χ2n) is 4.01. The average Bonchev–Trinajstić information content (AvgIpc) is 2.35. The van der Waals surface area contributed by atoms with Crippen molar-refractivity contribution in [1.82, 2.24) is 0 Å². The molecule has 3 N–H and O–H groups in total. The minimum absolute atomic E-state index is 0.0344. The molecule has 1 aromatic rings. The van der Waals surface area contributed by atoms with Crippen LogP contribution >= 0.6 is 0 Å². The standard InChI is InChI=1S/C12H15F4NO2/c13-11(14)12(15,16)19-9-4-1-3-8(7-9)10(17)5-2-6-18/h1,3-4,7,10-11,18H,2,5-6,17H2/t10-/m1/s1. The van der Waals surface area contributed by atoms with Gasteiger partial charge in [0.1, 0.15) is 5.75 Å². The Balaban J connectivity index is 2.77. The smallest absolute Gasteiger partial charge is 0.428 e. The van der Waals surface area contributed by atoms with Crippen molar-refractivity contribution in [3.63, 3.8) is 0 Å². The van der Waals surface area contributed by atoms with Crippen LogP contribution in [0.4, 0.5) is 17.6 Å². The van der Waals surface area contributed by atoms with Crippen LogP contribution in [0.2, 0.25) is 0 Å². The second kappa shape index (κ2) is 6.72. The molecule has 0 radical (unpaired) electrons. The maximum atomic E-state index is 12.7. The maximum Gasteiger partial charge on any atom is 0.461 e. The monoisotopic (exact) mass is 281 g/mol. The first-order chi connectivity index (χ1) is 8.86. The van der Waals surface area contributed by atoms with Crippen molar-refractivity contribution >= 4 is 0 Å². The number of ether oxygens (including phenoxy) is 1. The lowest BCUT2D eigenvalue weighted by atomic mass is 10.0. The first kappa shape index (κ1) is 15.7. The quantitative estimate of drug-likeness (QED) is 0.755. The highest BCUT2D eigenvalue weighted by atomic mass is 19.3. The van der Waals surface area contributed by atoms with Gasteiger partial charge in [-0.15, -0.1) is 0 Å². The zero-order chi connectivity index (χ0) is 14.5. The summed E-state index contributed by atoms with van der Waals surface area (Å²) in [6.45, 7) is -0.0344. The Kier molecular flexibility index (Phi) is 5.56. The predicted octanol–water partition coefficient (Wildman–Crippen LogP) is 2.70. The molecule has 0 aromatic heterocycles. The number of benzene rings is 1. The zero-order valence-corrected chi connectivity index (χ0v) is 10.0. The van der Waals surface area contributed by atoms with E-state index in [0.29, 0.717) is 18.4 Å². The van der Waals surface area contributed by atoms with Gasteiger partial charge in [0.2, 0.25) is 0 Å². The fourth-order valence-electron chi connectivity index (χ4n) is 1.49.